The third-order valence-electron chi connectivity index (χ3n) is 4.33. The lowest BCUT2D eigenvalue weighted by Gasteiger charge is -2.33. The van der Waals surface area contributed by atoms with E-state index in [9.17, 15) is 10.1 Å². The molecular formula is C16H25N3O2. The molecule has 1 aromatic rings. The lowest BCUT2D eigenvalue weighted by molar-refractivity contribution is -0.385. The van der Waals surface area contributed by atoms with E-state index < -0.39 is 0 Å². The van der Waals surface area contributed by atoms with Crippen LogP contribution in [0.4, 0.5) is 5.69 Å². The van der Waals surface area contributed by atoms with Gasteiger partial charge in [0.1, 0.15) is 0 Å². The molecule has 0 radical (unpaired) electrons. The highest BCUT2D eigenvalue weighted by Gasteiger charge is 2.20. The van der Waals surface area contributed by atoms with E-state index in [4.69, 9.17) is 0 Å². The van der Waals surface area contributed by atoms with Gasteiger partial charge in [0.15, 0.2) is 0 Å². The predicted molar refractivity (Wildman–Crippen MR) is 84.4 cm³/mol. The summed E-state index contributed by atoms with van der Waals surface area (Å²) < 4.78 is 0. The third kappa shape index (κ3) is 4.25. The van der Waals surface area contributed by atoms with E-state index in [2.05, 4.69) is 17.1 Å². The van der Waals surface area contributed by atoms with Crippen LogP contribution in [-0.2, 0) is 0 Å². The number of hydrogen-bond donors (Lipinski definition) is 1. The molecule has 1 aromatic carbocycles. The number of piperidine rings is 1. The van der Waals surface area contributed by atoms with Gasteiger partial charge < -0.3 is 5.32 Å². The Morgan fingerprint density at radius 3 is 2.57 bits per heavy atom. The van der Waals surface area contributed by atoms with Crippen molar-refractivity contribution in [1.82, 2.24) is 10.2 Å². The molecule has 1 heterocycles. The summed E-state index contributed by atoms with van der Waals surface area (Å²) in [5.41, 5.74) is 0.955. The van der Waals surface area contributed by atoms with Crippen molar-refractivity contribution >= 4 is 5.69 Å². The monoisotopic (exact) mass is 291 g/mol. The number of benzene rings is 1. The van der Waals surface area contributed by atoms with Gasteiger partial charge >= 0.3 is 0 Å². The zero-order chi connectivity index (χ0) is 15.2. The van der Waals surface area contributed by atoms with Crippen LogP contribution >= 0.6 is 0 Å². The van der Waals surface area contributed by atoms with Crippen molar-refractivity contribution in [2.45, 2.75) is 45.2 Å². The fraction of sp³-hybridized carbons (Fsp3) is 0.625. The lowest BCUT2D eigenvalue weighted by atomic mass is 10.1. The maximum absolute atomic E-state index is 11.1. The molecule has 5 nitrogen and oxygen atoms in total. The van der Waals surface area contributed by atoms with Crippen LogP contribution in [0.2, 0.25) is 0 Å². The zero-order valence-corrected chi connectivity index (χ0v) is 12.9. The summed E-state index contributed by atoms with van der Waals surface area (Å²) in [7, 11) is 0. The molecule has 1 aliphatic rings. The van der Waals surface area contributed by atoms with Crippen molar-refractivity contribution in [3.8, 4) is 0 Å². The molecule has 0 spiro atoms. The summed E-state index contributed by atoms with van der Waals surface area (Å²) in [5, 5.41) is 14.5. The topological polar surface area (TPSA) is 58.4 Å². The second kappa shape index (κ2) is 7.52. The van der Waals surface area contributed by atoms with Crippen LogP contribution < -0.4 is 5.32 Å². The number of nitro groups is 1. The van der Waals surface area contributed by atoms with Gasteiger partial charge in [-0.05, 0) is 39.8 Å². The van der Waals surface area contributed by atoms with Crippen molar-refractivity contribution in [1.29, 1.82) is 0 Å². The van der Waals surface area contributed by atoms with E-state index in [1.165, 1.54) is 32.4 Å². The van der Waals surface area contributed by atoms with E-state index in [1.807, 2.05) is 19.1 Å². The summed E-state index contributed by atoms with van der Waals surface area (Å²) in [6.45, 7) is 7.41. The van der Waals surface area contributed by atoms with Crippen LogP contribution in [0.5, 0.6) is 0 Å². The summed E-state index contributed by atoms with van der Waals surface area (Å²) in [5.74, 6) is 0. The Hall–Kier alpha value is -1.46. The Bertz CT molecular complexity index is 472. The van der Waals surface area contributed by atoms with Gasteiger partial charge in [-0.1, -0.05) is 24.6 Å². The molecule has 2 unspecified atom stereocenters. The van der Waals surface area contributed by atoms with E-state index in [-0.39, 0.29) is 16.7 Å². The van der Waals surface area contributed by atoms with Crippen LogP contribution in [0.3, 0.4) is 0 Å². The molecule has 0 aromatic heterocycles. The Balaban J connectivity index is 1.92. The first-order valence-corrected chi connectivity index (χ1v) is 7.80. The molecule has 1 saturated heterocycles. The molecule has 2 atom stereocenters. The summed E-state index contributed by atoms with van der Waals surface area (Å²) >= 11 is 0. The normalized spacial score (nSPS) is 19.1. The van der Waals surface area contributed by atoms with Gasteiger partial charge in [0.05, 0.1) is 4.92 Å². The van der Waals surface area contributed by atoms with Crippen molar-refractivity contribution < 1.29 is 4.92 Å². The van der Waals surface area contributed by atoms with Crippen LogP contribution in [0, 0.1) is 10.1 Å². The second-order valence-corrected chi connectivity index (χ2v) is 5.89. The maximum atomic E-state index is 11.1. The van der Waals surface area contributed by atoms with E-state index in [0.717, 1.165) is 12.1 Å². The highest BCUT2D eigenvalue weighted by Crippen LogP contribution is 2.24. The van der Waals surface area contributed by atoms with Crippen molar-refractivity contribution in [2.24, 2.45) is 0 Å². The van der Waals surface area contributed by atoms with Crippen LogP contribution in [0.15, 0.2) is 24.3 Å². The largest absolute Gasteiger partial charge is 0.308 e. The quantitative estimate of drug-likeness (QED) is 0.646. The van der Waals surface area contributed by atoms with E-state index in [0.29, 0.717) is 6.04 Å². The molecule has 0 aliphatic carbocycles. The molecule has 2 rings (SSSR count). The first-order valence-electron chi connectivity index (χ1n) is 7.80. The fourth-order valence-electron chi connectivity index (χ4n) is 2.97. The van der Waals surface area contributed by atoms with Gasteiger partial charge in [0.2, 0.25) is 0 Å². The van der Waals surface area contributed by atoms with Crippen molar-refractivity contribution in [3.63, 3.8) is 0 Å². The average molecular weight is 291 g/mol. The minimum Gasteiger partial charge on any atom is -0.308 e. The molecule has 116 valence electrons. The molecule has 5 heteroatoms. The standard InChI is InChI=1S/C16H25N3O2/c1-13(18-10-6-3-7-11-18)12-17-14(2)15-8-4-5-9-16(15)19(20)21/h4-5,8-9,13-14,17H,3,6-7,10-12H2,1-2H3. The minimum absolute atomic E-state index is 0.0150. The number of rotatable bonds is 6. The first-order chi connectivity index (χ1) is 10.1. The number of hydrogen-bond acceptors (Lipinski definition) is 4. The summed E-state index contributed by atoms with van der Waals surface area (Å²) in [6, 6.07) is 7.43. The molecule has 0 amide bonds. The molecule has 0 saturated carbocycles. The van der Waals surface area contributed by atoms with Crippen molar-refractivity contribution in [3.05, 3.63) is 39.9 Å². The minimum atomic E-state index is -0.304. The van der Waals surface area contributed by atoms with E-state index in [1.54, 1.807) is 12.1 Å². The number of likely N-dealkylation sites (tertiary alicyclic amines) is 1. The SMILES string of the molecule is CC(NCC(C)N1CCCCC1)c1ccccc1[N+](=O)[O-]. The van der Waals surface area contributed by atoms with Crippen molar-refractivity contribution in [2.75, 3.05) is 19.6 Å². The molecule has 1 aliphatic heterocycles. The van der Waals surface area contributed by atoms with E-state index >= 15 is 0 Å². The van der Waals surface area contributed by atoms with Crippen LogP contribution in [-0.4, -0.2) is 35.5 Å². The van der Waals surface area contributed by atoms with Gasteiger partial charge in [0, 0.05) is 30.3 Å². The highest BCUT2D eigenvalue weighted by atomic mass is 16.6. The Labute approximate surface area is 126 Å². The smallest absolute Gasteiger partial charge is 0.274 e. The molecular weight excluding hydrogens is 266 g/mol. The number of nitro benzene ring substituents is 1. The van der Waals surface area contributed by atoms with Crippen LogP contribution in [0.1, 0.15) is 44.7 Å². The highest BCUT2D eigenvalue weighted by molar-refractivity contribution is 5.41. The first kappa shape index (κ1) is 15.9. The maximum Gasteiger partial charge on any atom is 0.274 e. The zero-order valence-electron chi connectivity index (χ0n) is 12.9. The van der Waals surface area contributed by atoms with Gasteiger partial charge in [-0.3, -0.25) is 15.0 Å². The number of para-hydroxylation sites is 1. The van der Waals surface area contributed by atoms with Gasteiger partial charge in [0.25, 0.3) is 5.69 Å². The Morgan fingerprint density at radius 1 is 1.24 bits per heavy atom. The number of nitrogens with zero attached hydrogens (tertiary/aromatic N) is 2. The number of nitrogens with one attached hydrogen (secondary N) is 1. The average Bonchev–Trinajstić information content (AvgIpc) is 2.53. The second-order valence-electron chi connectivity index (χ2n) is 5.89. The fourth-order valence-corrected chi connectivity index (χ4v) is 2.97. The Kier molecular flexibility index (Phi) is 5.70. The van der Waals surface area contributed by atoms with Gasteiger partial charge in [-0.2, -0.15) is 0 Å². The predicted octanol–water partition coefficient (Wildman–Crippen LogP) is 3.12. The summed E-state index contributed by atoms with van der Waals surface area (Å²) in [4.78, 5) is 13.3. The lowest BCUT2D eigenvalue weighted by Crippen LogP contribution is -2.43. The van der Waals surface area contributed by atoms with Gasteiger partial charge in [-0.15, -0.1) is 0 Å². The Morgan fingerprint density at radius 2 is 1.90 bits per heavy atom. The molecule has 0 bridgehead atoms. The molecule has 21 heavy (non-hydrogen) atoms. The third-order valence-corrected chi connectivity index (χ3v) is 4.33. The van der Waals surface area contributed by atoms with Gasteiger partial charge in [-0.25, -0.2) is 0 Å². The summed E-state index contributed by atoms with van der Waals surface area (Å²) in [6.07, 6.45) is 3.90. The van der Waals surface area contributed by atoms with Crippen LogP contribution in [0.25, 0.3) is 0 Å². The molecule has 1 fully saturated rings. The molecule has 1 N–H and O–H groups in total.